The molecule has 8 rings (SSSR count). The number of aromatic nitrogens is 1. The van der Waals surface area contributed by atoms with Crippen LogP contribution in [0.3, 0.4) is 0 Å². The smallest absolute Gasteiger partial charge is 0.200 e. The normalized spacial score (nSPS) is 11.9. The highest BCUT2D eigenvalue weighted by atomic mass is 19.2. The van der Waals surface area contributed by atoms with Crippen LogP contribution in [0.2, 0.25) is 0 Å². The number of halogens is 10. The lowest BCUT2D eigenvalue weighted by Gasteiger charge is -2.15. The molecule has 0 fully saturated rings. The number of rotatable bonds is 4. The van der Waals surface area contributed by atoms with Gasteiger partial charge in [-0.25, -0.2) is 43.9 Å². The molecule has 0 atom stereocenters. The highest BCUT2D eigenvalue weighted by Crippen LogP contribution is 2.42. The van der Waals surface area contributed by atoms with E-state index in [1.807, 2.05) is 53.1 Å². The van der Waals surface area contributed by atoms with Gasteiger partial charge < -0.3 is 4.57 Å². The van der Waals surface area contributed by atoms with E-state index in [2.05, 4.69) is 0 Å². The van der Waals surface area contributed by atoms with Gasteiger partial charge in [0.1, 0.15) is 0 Å². The van der Waals surface area contributed by atoms with Crippen LogP contribution in [0.4, 0.5) is 43.9 Å². The molecule has 1 nitrogen and oxygen atoms in total. The van der Waals surface area contributed by atoms with Gasteiger partial charge in [-0.1, -0.05) is 48.5 Å². The fourth-order valence-corrected chi connectivity index (χ4v) is 6.50. The lowest BCUT2D eigenvalue weighted by molar-refractivity contribution is 0.381. The van der Waals surface area contributed by atoms with E-state index in [1.54, 1.807) is 12.1 Å². The third-order valence-electron chi connectivity index (χ3n) is 8.71. The van der Waals surface area contributed by atoms with Gasteiger partial charge in [-0.05, 0) is 75.5 Å². The van der Waals surface area contributed by atoms with E-state index in [0.717, 1.165) is 44.7 Å². The van der Waals surface area contributed by atoms with Crippen LogP contribution >= 0.6 is 0 Å². The maximum absolute atomic E-state index is 15.0. The zero-order valence-electron chi connectivity index (χ0n) is 24.4. The first-order chi connectivity index (χ1) is 23.5. The largest absolute Gasteiger partial charge is 0.309 e. The molecule has 1 heterocycles. The van der Waals surface area contributed by atoms with Gasteiger partial charge in [-0.3, -0.25) is 0 Å². The molecule has 0 unspecified atom stereocenters. The number of hydrogen-bond donors (Lipinski definition) is 0. The first-order valence-electron chi connectivity index (χ1n) is 14.5. The van der Waals surface area contributed by atoms with Crippen LogP contribution in [0, 0.1) is 58.2 Å². The molecule has 0 bridgehead atoms. The third-order valence-corrected chi connectivity index (χ3v) is 8.71. The van der Waals surface area contributed by atoms with Gasteiger partial charge in [-0.15, -0.1) is 0 Å². The molecule has 7 aromatic carbocycles. The van der Waals surface area contributed by atoms with Gasteiger partial charge in [0.15, 0.2) is 46.5 Å². The minimum Gasteiger partial charge on any atom is -0.309 e. The van der Waals surface area contributed by atoms with Gasteiger partial charge >= 0.3 is 0 Å². The van der Waals surface area contributed by atoms with Gasteiger partial charge in [0.05, 0.1) is 22.2 Å². The maximum Gasteiger partial charge on any atom is 0.200 e. The lowest BCUT2D eigenvalue weighted by atomic mass is 9.92. The van der Waals surface area contributed by atoms with E-state index in [4.69, 9.17) is 0 Å². The molecule has 0 aliphatic heterocycles. The van der Waals surface area contributed by atoms with Crippen molar-refractivity contribution < 1.29 is 43.9 Å². The molecule has 0 amide bonds. The average molecular weight is 676 g/mol. The van der Waals surface area contributed by atoms with Crippen molar-refractivity contribution in [3.63, 3.8) is 0 Å². The zero-order valence-corrected chi connectivity index (χ0v) is 24.4. The minimum absolute atomic E-state index is 0.0964. The minimum atomic E-state index is -2.44. The molecule has 0 radical (unpaired) electrons. The number of nitrogens with zero attached hydrogens (tertiary/aromatic N) is 1. The monoisotopic (exact) mass is 675 g/mol. The first kappa shape index (κ1) is 30.5. The lowest BCUT2D eigenvalue weighted by Crippen LogP contribution is -2.06. The van der Waals surface area contributed by atoms with Crippen LogP contribution in [0.15, 0.2) is 91.0 Å². The Morgan fingerprint density at radius 2 is 0.694 bits per heavy atom. The Balaban J connectivity index is 1.36. The molecule has 0 spiro atoms. The molecular formula is C38H15F10N. The molecule has 11 heteroatoms. The van der Waals surface area contributed by atoms with Crippen molar-refractivity contribution in [2.24, 2.45) is 0 Å². The summed E-state index contributed by atoms with van der Waals surface area (Å²) in [4.78, 5) is 0. The quantitative estimate of drug-likeness (QED) is 0.0757. The fourth-order valence-electron chi connectivity index (χ4n) is 6.50. The van der Waals surface area contributed by atoms with Gasteiger partial charge in [0.25, 0.3) is 0 Å². The Morgan fingerprint density at radius 3 is 1.10 bits per heavy atom. The Labute approximate surface area is 269 Å². The van der Waals surface area contributed by atoms with Crippen LogP contribution in [-0.4, -0.2) is 4.57 Å². The van der Waals surface area contributed by atoms with Crippen molar-refractivity contribution in [3.05, 3.63) is 149 Å². The van der Waals surface area contributed by atoms with Crippen LogP contribution in [-0.2, 0) is 0 Å². The summed E-state index contributed by atoms with van der Waals surface area (Å²) >= 11 is 0. The van der Waals surface area contributed by atoms with E-state index in [-0.39, 0.29) is 11.1 Å². The zero-order chi connectivity index (χ0) is 34.5. The van der Waals surface area contributed by atoms with Crippen molar-refractivity contribution in [1.29, 1.82) is 0 Å². The fraction of sp³-hybridized carbons (Fsp3) is 0. The first-order valence-corrected chi connectivity index (χ1v) is 14.5. The average Bonchev–Trinajstić information content (AvgIpc) is 3.46. The van der Waals surface area contributed by atoms with Gasteiger partial charge in [0, 0.05) is 16.5 Å². The second kappa shape index (κ2) is 10.8. The topological polar surface area (TPSA) is 4.93 Å². The highest BCUT2D eigenvalue weighted by molar-refractivity contribution is 6.24. The third kappa shape index (κ3) is 4.34. The molecule has 1 aromatic heterocycles. The number of hydrogen-bond acceptors (Lipinski definition) is 0. The Bertz CT molecular complexity index is 2450. The van der Waals surface area contributed by atoms with Crippen LogP contribution in [0.25, 0.3) is 71.6 Å². The van der Waals surface area contributed by atoms with Crippen molar-refractivity contribution in [2.45, 2.75) is 0 Å². The second-order valence-electron chi connectivity index (χ2n) is 11.4. The summed E-state index contributed by atoms with van der Waals surface area (Å²) in [6, 6.07) is 24.6. The second-order valence-corrected chi connectivity index (χ2v) is 11.4. The molecule has 0 N–H and O–H groups in total. The maximum atomic E-state index is 15.0. The Kier molecular flexibility index (Phi) is 6.75. The Hall–Kier alpha value is -5.84. The Morgan fingerprint density at radius 1 is 0.327 bits per heavy atom. The van der Waals surface area contributed by atoms with Crippen molar-refractivity contribution in [1.82, 2.24) is 4.57 Å². The predicted molar refractivity (Wildman–Crippen MR) is 165 cm³/mol. The predicted octanol–water partition coefficient (Wildman–Crippen LogP) is 11.8. The summed E-state index contributed by atoms with van der Waals surface area (Å²) in [6.07, 6.45) is 0. The van der Waals surface area contributed by atoms with E-state index >= 15 is 0 Å². The summed E-state index contributed by atoms with van der Waals surface area (Å²) in [5, 5.41) is 4.09. The summed E-state index contributed by atoms with van der Waals surface area (Å²) in [6.45, 7) is 0. The molecule has 49 heavy (non-hydrogen) atoms. The summed E-state index contributed by atoms with van der Waals surface area (Å²) in [5.74, 6) is -23.1. The standard InChI is InChI=1S/C38H15F10N/c39-29-27(30(40)34(44)37(47)33(29)43)20-13-19(14-21(15-20)28-31(41)35(45)38(48)36(46)32(28)42)16-9-11-22(12-10-16)49-23-5-1-3-17-7-8-18-4-2-6-24(49)26(18)25(17)23/h1-15H. The van der Waals surface area contributed by atoms with Crippen LogP contribution < -0.4 is 0 Å². The van der Waals surface area contributed by atoms with Crippen LogP contribution in [0.1, 0.15) is 0 Å². The summed E-state index contributed by atoms with van der Waals surface area (Å²) in [5.41, 5.74) is -1.92. The van der Waals surface area contributed by atoms with Gasteiger partial charge in [-0.2, -0.15) is 0 Å². The van der Waals surface area contributed by atoms with E-state index in [9.17, 15) is 43.9 Å². The van der Waals surface area contributed by atoms with Crippen molar-refractivity contribution in [3.8, 4) is 39.1 Å². The van der Waals surface area contributed by atoms with E-state index in [1.165, 1.54) is 12.1 Å². The molecule has 0 aliphatic carbocycles. The molecule has 8 aromatic rings. The van der Waals surface area contributed by atoms with Crippen molar-refractivity contribution in [2.75, 3.05) is 0 Å². The molecule has 242 valence electrons. The van der Waals surface area contributed by atoms with Crippen LogP contribution in [0.5, 0.6) is 0 Å². The highest BCUT2D eigenvalue weighted by Gasteiger charge is 2.30. The molecule has 0 saturated heterocycles. The SMILES string of the molecule is Fc1c(F)c(F)c(-c2cc(-c3ccc(-n4c5cccc6ccc7cccc4c7c65)cc3)cc(-c3c(F)c(F)c(F)c(F)c3F)c2)c(F)c1F. The van der Waals surface area contributed by atoms with Gasteiger partial charge in [0.2, 0.25) is 11.6 Å². The van der Waals surface area contributed by atoms with E-state index in [0.29, 0.717) is 11.8 Å². The molecular weight excluding hydrogens is 660 g/mol. The molecule has 0 aliphatic rings. The summed E-state index contributed by atoms with van der Waals surface area (Å²) < 4.78 is 147. The molecule has 0 saturated carbocycles. The van der Waals surface area contributed by atoms with E-state index < -0.39 is 80.4 Å². The number of benzene rings is 7. The van der Waals surface area contributed by atoms with Crippen molar-refractivity contribution >= 4 is 32.6 Å². The summed E-state index contributed by atoms with van der Waals surface area (Å²) in [7, 11) is 0.